The zero-order valence-electron chi connectivity index (χ0n) is 15.5. The van der Waals surface area contributed by atoms with E-state index in [2.05, 4.69) is 52.8 Å². The van der Waals surface area contributed by atoms with Crippen molar-refractivity contribution in [2.75, 3.05) is 13.4 Å². The van der Waals surface area contributed by atoms with Crippen LogP contribution in [0, 0.1) is 0 Å². The maximum Gasteiger partial charge on any atom is 0.133 e. The third-order valence-corrected chi connectivity index (χ3v) is 4.87. The van der Waals surface area contributed by atoms with Gasteiger partial charge in [-0.05, 0) is 72.4 Å². The van der Waals surface area contributed by atoms with Gasteiger partial charge in [0.1, 0.15) is 11.6 Å². The molecule has 1 N–H and O–H groups in total. The van der Waals surface area contributed by atoms with E-state index in [1.807, 2.05) is 30.3 Å². The van der Waals surface area contributed by atoms with Crippen molar-refractivity contribution in [2.45, 2.75) is 19.8 Å². The second kappa shape index (κ2) is 8.77. The lowest BCUT2D eigenvalue weighted by Crippen LogP contribution is -1.88. The quantitative estimate of drug-likeness (QED) is 0.525. The Kier molecular flexibility index (Phi) is 6.18. The van der Waals surface area contributed by atoms with Crippen molar-refractivity contribution in [3.63, 3.8) is 0 Å². The average Bonchev–Trinajstić information content (AvgIpc) is 3.12. The summed E-state index contributed by atoms with van der Waals surface area (Å²) in [6.45, 7) is 2.11. The first-order valence-electron chi connectivity index (χ1n) is 8.69. The molecule has 26 heavy (non-hydrogen) atoms. The van der Waals surface area contributed by atoms with Crippen LogP contribution < -0.4 is 4.74 Å². The molecule has 0 radical (unpaired) electrons. The first kappa shape index (κ1) is 18.3. The summed E-state index contributed by atoms with van der Waals surface area (Å²) in [7, 11) is 1.69. The molecule has 1 heterocycles. The van der Waals surface area contributed by atoms with Crippen LogP contribution in [0.1, 0.15) is 32.6 Å². The second-order valence-electron chi connectivity index (χ2n) is 6.14. The van der Waals surface area contributed by atoms with Crippen molar-refractivity contribution in [2.24, 2.45) is 0 Å². The van der Waals surface area contributed by atoms with Gasteiger partial charge in [-0.1, -0.05) is 30.3 Å². The summed E-state index contributed by atoms with van der Waals surface area (Å²) < 4.78 is 5.25. The first-order chi connectivity index (χ1) is 12.7. The minimum Gasteiger partial charge on any atom is -0.497 e. The van der Waals surface area contributed by atoms with Crippen LogP contribution >= 0.6 is 11.8 Å². The third kappa shape index (κ3) is 4.38. The summed E-state index contributed by atoms with van der Waals surface area (Å²) in [5.41, 5.74) is 5.86. The maximum atomic E-state index is 5.25. The first-order valence-corrected chi connectivity index (χ1v) is 9.98. The summed E-state index contributed by atoms with van der Waals surface area (Å²) in [5, 5.41) is 2.23. The van der Waals surface area contributed by atoms with Crippen LogP contribution in [-0.4, -0.2) is 23.3 Å². The third-order valence-electron chi connectivity index (χ3n) is 4.35. The summed E-state index contributed by atoms with van der Waals surface area (Å²) >= 11 is 1.74. The molecule has 0 saturated heterocycles. The summed E-state index contributed by atoms with van der Waals surface area (Å²) in [4.78, 5) is 8.06. The molecule has 0 aliphatic rings. The number of nitrogens with zero attached hydrogens (tertiary/aromatic N) is 1. The standard InChI is InChI=1S/C22H24N2OS.H2/c1-16(22-23-20-9-4-5-10-21(20)24-22)7-6-8-18(15-26-3)17-11-13-19(25-2)14-12-17;/h4-5,7,9-15H,6,8H2,1-3H3,(H,23,24);1H/b16-7-,18-15+;. The summed E-state index contributed by atoms with van der Waals surface area (Å²) in [6, 6.07) is 16.4. The number of ether oxygens (including phenoxy) is 1. The van der Waals surface area contributed by atoms with E-state index in [1.165, 1.54) is 16.7 Å². The number of para-hydroxylation sites is 2. The number of hydrogen-bond donors (Lipinski definition) is 1. The Morgan fingerprint density at radius 2 is 1.96 bits per heavy atom. The average molecular weight is 367 g/mol. The highest BCUT2D eigenvalue weighted by atomic mass is 32.2. The van der Waals surface area contributed by atoms with E-state index in [9.17, 15) is 0 Å². The fourth-order valence-corrected chi connectivity index (χ4v) is 3.44. The molecule has 3 nitrogen and oxygen atoms in total. The predicted molar refractivity (Wildman–Crippen MR) is 116 cm³/mol. The van der Waals surface area contributed by atoms with E-state index in [-0.39, 0.29) is 1.43 Å². The van der Waals surface area contributed by atoms with E-state index < -0.39 is 0 Å². The molecule has 3 rings (SSSR count). The van der Waals surface area contributed by atoms with Crippen LogP contribution in [0.4, 0.5) is 0 Å². The van der Waals surface area contributed by atoms with Gasteiger partial charge >= 0.3 is 0 Å². The number of H-pyrrole nitrogens is 1. The van der Waals surface area contributed by atoms with Crippen LogP contribution in [0.15, 0.2) is 60.0 Å². The lowest BCUT2D eigenvalue weighted by Gasteiger charge is -2.08. The van der Waals surface area contributed by atoms with Crippen LogP contribution in [0.25, 0.3) is 22.2 Å². The molecule has 0 aliphatic carbocycles. The molecule has 1 aromatic heterocycles. The summed E-state index contributed by atoms with van der Waals surface area (Å²) in [5.74, 6) is 1.84. The SMILES string of the molecule is COc1ccc(/C(=C/SC)CC/C=C(/C)c2nc3ccccc3[nH]2)cc1.[HH]. The molecule has 4 heteroatoms. The number of allylic oxidation sites excluding steroid dienone is 3. The smallest absolute Gasteiger partial charge is 0.133 e. The predicted octanol–water partition coefficient (Wildman–Crippen LogP) is 6.41. The highest BCUT2D eigenvalue weighted by Gasteiger charge is 2.05. The Morgan fingerprint density at radius 3 is 2.65 bits per heavy atom. The lowest BCUT2D eigenvalue weighted by molar-refractivity contribution is 0.415. The van der Waals surface area contributed by atoms with Gasteiger partial charge < -0.3 is 9.72 Å². The van der Waals surface area contributed by atoms with E-state index >= 15 is 0 Å². The molecule has 0 fully saturated rings. The Hall–Kier alpha value is -2.46. The molecule has 0 amide bonds. The van der Waals surface area contributed by atoms with Crippen LogP contribution in [-0.2, 0) is 0 Å². The van der Waals surface area contributed by atoms with Crippen molar-refractivity contribution in [3.05, 3.63) is 71.4 Å². The van der Waals surface area contributed by atoms with Gasteiger partial charge in [0.25, 0.3) is 0 Å². The van der Waals surface area contributed by atoms with Gasteiger partial charge in [-0.2, -0.15) is 0 Å². The lowest BCUT2D eigenvalue weighted by atomic mass is 10.0. The minimum atomic E-state index is 0. The van der Waals surface area contributed by atoms with Crippen LogP contribution in [0.5, 0.6) is 5.75 Å². The van der Waals surface area contributed by atoms with Crippen molar-refractivity contribution in [1.29, 1.82) is 0 Å². The van der Waals surface area contributed by atoms with Gasteiger partial charge in [0.15, 0.2) is 0 Å². The normalized spacial score (nSPS) is 12.6. The molecular weight excluding hydrogens is 340 g/mol. The zero-order chi connectivity index (χ0) is 18.4. The number of methoxy groups -OCH3 is 1. The molecule has 2 aromatic carbocycles. The minimum absolute atomic E-state index is 0. The number of imidazole rings is 1. The number of benzene rings is 2. The Labute approximate surface area is 160 Å². The van der Waals surface area contributed by atoms with E-state index in [0.29, 0.717) is 0 Å². The van der Waals surface area contributed by atoms with Crippen molar-refractivity contribution in [3.8, 4) is 5.75 Å². The highest BCUT2D eigenvalue weighted by molar-refractivity contribution is 8.01. The molecule has 0 saturated carbocycles. The zero-order valence-corrected chi connectivity index (χ0v) is 16.3. The second-order valence-corrected chi connectivity index (χ2v) is 6.84. The van der Waals surface area contributed by atoms with Gasteiger partial charge in [-0.25, -0.2) is 4.98 Å². The highest BCUT2D eigenvalue weighted by Crippen LogP contribution is 2.26. The molecule has 0 atom stereocenters. The molecule has 0 spiro atoms. The van der Waals surface area contributed by atoms with E-state index in [4.69, 9.17) is 4.74 Å². The van der Waals surface area contributed by atoms with Gasteiger partial charge in [-0.3, -0.25) is 0 Å². The Morgan fingerprint density at radius 1 is 1.19 bits per heavy atom. The number of rotatable bonds is 7. The van der Waals surface area contributed by atoms with E-state index in [0.717, 1.165) is 35.4 Å². The fourth-order valence-electron chi connectivity index (χ4n) is 2.90. The van der Waals surface area contributed by atoms with Gasteiger partial charge in [0, 0.05) is 1.43 Å². The number of fused-ring (bicyclic) bond motifs is 1. The molecule has 3 aromatic rings. The monoisotopic (exact) mass is 366 g/mol. The largest absolute Gasteiger partial charge is 0.497 e. The molecule has 0 unspecified atom stereocenters. The van der Waals surface area contributed by atoms with Crippen LogP contribution in [0.2, 0.25) is 0 Å². The fraction of sp³-hybridized carbons (Fsp3) is 0.227. The van der Waals surface area contributed by atoms with Crippen molar-refractivity contribution < 1.29 is 6.16 Å². The Balaban J connectivity index is 0.00000261. The van der Waals surface area contributed by atoms with E-state index in [1.54, 1.807) is 18.9 Å². The molecule has 136 valence electrons. The molecule has 0 aliphatic heterocycles. The van der Waals surface area contributed by atoms with Gasteiger partial charge in [0.05, 0.1) is 18.1 Å². The van der Waals surface area contributed by atoms with Gasteiger partial charge in [0.2, 0.25) is 0 Å². The van der Waals surface area contributed by atoms with Gasteiger partial charge in [-0.15, -0.1) is 11.8 Å². The molecule has 0 bridgehead atoms. The number of aromatic nitrogens is 2. The molecular formula is C22H26N2OS. The van der Waals surface area contributed by atoms with Crippen molar-refractivity contribution in [1.82, 2.24) is 9.97 Å². The number of aromatic amines is 1. The maximum absolute atomic E-state index is 5.25. The topological polar surface area (TPSA) is 37.9 Å². The summed E-state index contributed by atoms with van der Waals surface area (Å²) in [6.07, 6.45) is 6.32. The Bertz CT molecular complexity index is 896. The number of nitrogens with one attached hydrogen (secondary N) is 1. The number of thioether (sulfide) groups is 1. The number of hydrogen-bond acceptors (Lipinski definition) is 3. The van der Waals surface area contributed by atoms with Crippen molar-refractivity contribution >= 4 is 33.9 Å². The van der Waals surface area contributed by atoms with Crippen LogP contribution in [0.3, 0.4) is 0 Å².